The number of ether oxygens (including phenoxy) is 3. The van der Waals surface area contributed by atoms with Crippen molar-refractivity contribution in [2.45, 2.75) is 386 Å². The molecule has 6 heteroatoms. The third kappa shape index (κ3) is 67.8. The molecule has 0 spiro atoms. The number of carbonyl (C=O) groups is 3. The molecule has 0 amide bonds. The van der Waals surface area contributed by atoms with Crippen LogP contribution in [0.5, 0.6) is 0 Å². The van der Waals surface area contributed by atoms with E-state index in [1.807, 2.05) is 0 Å². The lowest BCUT2D eigenvalue weighted by atomic mass is 10.0. The first-order valence-corrected chi connectivity index (χ1v) is 35.8. The zero-order chi connectivity index (χ0) is 58.5. The average Bonchev–Trinajstić information content (AvgIpc) is 3.46. The largest absolute Gasteiger partial charge is 0.462 e. The molecule has 0 heterocycles. The molecule has 0 aromatic heterocycles. The number of carbonyl (C=O) groups excluding carboxylic acids is 3. The Labute approximate surface area is 504 Å². The molecular weight excluding hydrogens is 997 g/mol. The summed E-state index contributed by atoms with van der Waals surface area (Å²) in [6.45, 7) is 6.62. The third-order valence-electron chi connectivity index (χ3n) is 16.0. The second-order valence-corrected chi connectivity index (χ2v) is 24.1. The Bertz CT molecular complexity index is 1440. The summed E-state index contributed by atoms with van der Waals surface area (Å²) in [5.41, 5.74) is 0. The Morgan fingerprint density at radius 3 is 0.728 bits per heavy atom. The Morgan fingerprint density at radius 2 is 0.444 bits per heavy atom. The van der Waals surface area contributed by atoms with E-state index in [9.17, 15) is 14.4 Å². The Hall–Kier alpha value is -2.89. The van der Waals surface area contributed by atoms with Gasteiger partial charge in [-0.05, 0) is 109 Å². The highest BCUT2D eigenvalue weighted by Crippen LogP contribution is 2.18. The van der Waals surface area contributed by atoms with E-state index in [0.717, 1.165) is 96.3 Å². The monoisotopic (exact) mass is 1130 g/mol. The first kappa shape index (κ1) is 78.1. The van der Waals surface area contributed by atoms with E-state index in [2.05, 4.69) is 81.5 Å². The molecule has 0 rings (SSSR count). The van der Waals surface area contributed by atoms with Crippen LogP contribution in [0.25, 0.3) is 0 Å². The minimum Gasteiger partial charge on any atom is -0.462 e. The molecule has 472 valence electrons. The Kier molecular flexibility index (Phi) is 67.1. The zero-order valence-corrected chi connectivity index (χ0v) is 54.3. The van der Waals surface area contributed by atoms with Crippen molar-refractivity contribution < 1.29 is 28.6 Å². The molecule has 0 aliphatic carbocycles. The molecule has 0 fully saturated rings. The van der Waals surface area contributed by atoms with Crippen LogP contribution in [0, 0.1) is 0 Å². The van der Waals surface area contributed by atoms with E-state index in [0.29, 0.717) is 19.3 Å². The lowest BCUT2D eigenvalue weighted by Gasteiger charge is -2.18. The van der Waals surface area contributed by atoms with E-state index >= 15 is 0 Å². The van der Waals surface area contributed by atoms with Gasteiger partial charge < -0.3 is 14.2 Å². The van der Waals surface area contributed by atoms with Gasteiger partial charge in [0.1, 0.15) is 13.2 Å². The second-order valence-electron chi connectivity index (χ2n) is 24.1. The van der Waals surface area contributed by atoms with Gasteiger partial charge in [-0.1, -0.05) is 313 Å². The van der Waals surface area contributed by atoms with E-state index in [4.69, 9.17) is 14.2 Å². The number of rotatable bonds is 66. The minimum atomic E-state index is -0.783. The van der Waals surface area contributed by atoms with E-state index < -0.39 is 6.10 Å². The van der Waals surface area contributed by atoms with Gasteiger partial charge in [0.05, 0.1) is 0 Å². The lowest BCUT2D eigenvalue weighted by Crippen LogP contribution is -2.30. The zero-order valence-electron chi connectivity index (χ0n) is 54.3. The van der Waals surface area contributed by atoms with Gasteiger partial charge in [-0.2, -0.15) is 0 Å². The summed E-state index contributed by atoms with van der Waals surface area (Å²) in [6.07, 6.45) is 89.9. The normalized spacial score (nSPS) is 12.4. The van der Waals surface area contributed by atoms with Crippen LogP contribution in [0.2, 0.25) is 0 Å². The SMILES string of the molecule is CCCCC/C=C\C/C=C\CCCCCCCC(=O)OC(COC(=O)CCCCCCC/C=C\CCCCCC)COC(=O)CCCCCCCCCCCCCCCCCCCCCCCCC/C=C\C/C=C\CCCCCCC. The molecule has 1 atom stereocenters. The van der Waals surface area contributed by atoms with Gasteiger partial charge in [-0.3, -0.25) is 14.4 Å². The van der Waals surface area contributed by atoms with E-state index in [-0.39, 0.29) is 31.1 Å². The first-order chi connectivity index (χ1) is 40.0. The van der Waals surface area contributed by atoms with Crippen LogP contribution in [-0.4, -0.2) is 37.2 Å². The number of allylic oxidation sites excluding steroid dienone is 10. The molecule has 0 radical (unpaired) electrons. The molecule has 81 heavy (non-hydrogen) atoms. The summed E-state index contributed by atoms with van der Waals surface area (Å²) in [7, 11) is 0. The van der Waals surface area contributed by atoms with Gasteiger partial charge in [0.2, 0.25) is 0 Å². The summed E-state index contributed by atoms with van der Waals surface area (Å²) >= 11 is 0. The summed E-state index contributed by atoms with van der Waals surface area (Å²) < 4.78 is 16.9. The molecule has 0 bridgehead atoms. The number of hydrogen-bond acceptors (Lipinski definition) is 6. The van der Waals surface area contributed by atoms with Crippen molar-refractivity contribution in [1.29, 1.82) is 0 Å². The van der Waals surface area contributed by atoms with Crippen LogP contribution in [0.1, 0.15) is 380 Å². The predicted octanol–water partition coefficient (Wildman–Crippen LogP) is 24.7. The highest BCUT2D eigenvalue weighted by atomic mass is 16.6. The fourth-order valence-electron chi connectivity index (χ4n) is 10.6. The maximum atomic E-state index is 12.9. The van der Waals surface area contributed by atoms with Crippen molar-refractivity contribution >= 4 is 17.9 Å². The van der Waals surface area contributed by atoms with Gasteiger partial charge in [-0.15, -0.1) is 0 Å². The van der Waals surface area contributed by atoms with Gasteiger partial charge in [0.15, 0.2) is 6.10 Å². The average molecular weight is 1130 g/mol. The second kappa shape index (κ2) is 69.6. The molecule has 0 saturated carbocycles. The van der Waals surface area contributed by atoms with E-state index in [1.54, 1.807) is 0 Å². The Morgan fingerprint density at radius 1 is 0.247 bits per heavy atom. The van der Waals surface area contributed by atoms with Crippen LogP contribution in [0.3, 0.4) is 0 Å². The molecular formula is C75H136O6. The van der Waals surface area contributed by atoms with Crippen LogP contribution >= 0.6 is 0 Å². The summed E-state index contributed by atoms with van der Waals surface area (Å²) in [5.74, 6) is -0.881. The van der Waals surface area contributed by atoms with Gasteiger partial charge >= 0.3 is 17.9 Å². The first-order valence-electron chi connectivity index (χ1n) is 35.8. The smallest absolute Gasteiger partial charge is 0.306 e. The Balaban J connectivity index is 4.07. The fraction of sp³-hybridized carbons (Fsp3) is 0.827. The molecule has 1 unspecified atom stereocenters. The molecule has 0 aromatic rings. The molecule has 0 aliphatic rings. The van der Waals surface area contributed by atoms with Gasteiger partial charge in [0, 0.05) is 19.3 Å². The van der Waals surface area contributed by atoms with Crippen molar-refractivity contribution in [3.63, 3.8) is 0 Å². The number of hydrogen-bond donors (Lipinski definition) is 0. The van der Waals surface area contributed by atoms with Gasteiger partial charge in [-0.25, -0.2) is 0 Å². The van der Waals surface area contributed by atoms with Crippen molar-refractivity contribution in [2.24, 2.45) is 0 Å². The fourth-order valence-corrected chi connectivity index (χ4v) is 10.6. The molecule has 0 aromatic carbocycles. The summed E-state index contributed by atoms with van der Waals surface area (Å²) in [5, 5.41) is 0. The molecule has 6 nitrogen and oxygen atoms in total. The maximum Gasteiger partial charge on any atom is 0.306 e. The van der Waals surface area contributed by atoms with Crippen LogP contribution in [0.4, 0.5) is 0 Å². The maximum absolute atomic E-state index is 12.9. The predicted molar refractivity (Wildman–Crippen MR) is 353 cm³/mol. The highest BCUT2D eigenvalue weighted by Gasteiger charge is 2.19. The molecule has 0 N–H and O–H groups in total. The summed E-state index contributed by atoms with van der Waals surface area (Å²) in [6, 6.07) is 0. The van der Waals surface area contributed by atoms with Crippen molar-refractivity contribution in [3.8, 4) is 0 Å². The summed E-state index contributed by atoms with van der Waals surface area (Å²) in [4.78, 5) is 38.3. The number of unbranched alkanes of at least 4 members (excludes halogenated alkanes) is 45. The minimum absolute atomic E-state index is 0.0786. The third-order valence-corrected chi connectivity index (χ3v) is 16.0. The number of esters is 3. The standard InChI is InChI=1S/C75H136O6/c1-4-7-10-13-16-19-22-25-27-28-29-30-31-32-33-34-35-36-37-38-39-40-41-42-43-44-45-46-48-50-53-56-59-62-65-68-74(77)80-71-72(70-79-73(76)67-64-61-58-55-52-49-24-21-18-15-12-9-6-3)81-75(78)69-66-63-60-57-54-51-47-26-23-20-17-14-11-8-5-2/h17,20-22,24-26,28-29,47,72H,4-16,18-19,23,27,30-46,48-71H2,1-3H3/b20-17-,24-21-,25-22-,29-28-,47-26-. The van der Waals surface area contributed by atoms with Gasteiger partial charge in [0.25, 0.3) is 0 Å². The topological polar surface area (TPSA) is 78.9 Å². The molecule has 0 saturated heterocycles. The van der Waals surface area contributed by atoms with Crippen molar-refractivity contribution in [1.82, 2.24) is 0 Å². The van der Waals surface area contributed by atoms with Crippen molar-refractivity contribution in [3.05, 3.63) is 60.8 Å². The lowest BCUT2D eigenvalue weighted by molar-refractivity contribution is -0.167. The highest BCUT2D eigenvalue weighted by molar-refractivity contribution is 5.71. The van der Waals surface area contributed by atoms with Crippen LogP contribution < -0.4 is 0 Å². The van der Waals surface area contributed by atoms with Crippen LogP contribution in [0.15, 0.2) is 60.8 Å². The van der Waals surface area contributed by atoms with Crippen LogP contribution in [-0.2, 0) is 28.6 Å². The van der Waals surface area contributed by atoms with E-state index in [1.165, 1.54) is 244 Å². The quantitative estimate of drug-likeness (QED) is 0.0261. The van der Waals surface area contributed by atoms with Crippen molar-refractivity contribution in [2.75, 3.05) is 13.2 Å². The molecule has 0 aliphatic heterocycles.